The van der Waals surface area contributed by atoms with E-state index in [1.165, 1.54) is 18.2 Å². The van der Waals surface area contributed by atoms with Crippen LogP contribution < -0.4 is 0 Å². The van der Waals surface area contributed by atoms with Crippen LogP contribution in [0.5, 0.6) is 0 Å². The van der Waals surface area contributed by atoms with Crippen molar-refractivity contribution in [2.45, 2.75) is 51.7 Å². The zero-order chi connectivity index (χ0) is 16.5. The third kappa shape index (κ3) is 8.19. The Labute approximate surface area is 130 Å². The zero-order valence-electron chi connectivity index (χ0n) is 14.6. The molecule has 5 heteroatoms. The standard InChI is InChI=1S/C16H31NO3Si/c1-16(2,3)21(6,7)20-14-12-10-8-9-11-13-15(18)17(4)19-5/h8-9,11,13H,10,12,14H2,1-7H3/b9-8+,13-11+. The molecule has 0 atom stereocenters. The van der Waals surface area contributed by atoms with Gasteiger partial charge < -0.3 is 4.43 Å². The number of nitrogens with zero attached hydrogens (tertiary/aromatic N) is 1. The first kappa shape index (κ1) is 20.1. The van der Waals surface area contributed by atoms with Crippen molar-refractivity contribution in [2.75, 3.05) is 20.8 Å². The topological polar surface area (TPSA) is 38.8 Å². The summed E-state index contributed by atoms with van der Waals surface area (Å²) in [7, 11) is 1.43. The van der Waals surface area contributed by atoms with Gasteiger partial charge in [-0.25, -0.2) is 5.06 Å². The Morgan fingerprint density at radius 2 is 1.86 bits per heavy atom. The Morgan fingerprint density at radius 3 is 2.38 bits per heavy atom. The van der Waals surface area contributed by atoms with Crippen molar-refractivity contribution >= 4 is 14.2 Å². The average molecular weight is 314 g/mol. The predicted octanol–water partition coefficient (Wildman–Crippen LogP) is 3.92. The number of rotatable bonds is 8. The van der Waals surface area contributed by atoms with Crippen LogP contribution in [-0.2, 0) is 14.1 Å². The highest BCUT2D eigenvalue weighted by molar-refractivity contribution is 6.74. The van der Waals surface area contributed by atoms with Crippen LogP contribution in [0.25, 0.3) is 0 Å². The Hall–Kier alpha value is -0.913. The number of hydrogen-bond acceptors (Lipinski definition) is 3. The molecule has 0 aromatic rings. The van der Waals surface area contributed by atoms with E-state index in [9.17, 15) is 4.79 Å². The summed E-state index contributed by atoms with van der Waals surface area (Å²) in [5.74, 6) is -0.177. The predicted molar refractivity (Wildman–Crippen MR) is 90.4 cm³/mol. The third-order valence-electron chi connectivity index (χ3n) is 3.85. The van der Waals surface area contributed by atoms with E-state index >= 15 is 0 Å². The summed E-state index contributed by atoms with van der Waals surface area (Å²) in [6, 6.07) is 0. The third-order valence-corrected chi connectivity index (χ3v) is 8.39. The maximum Gasteiger partial charge on any atom is 0.269 e. The van der Waals surface area contributed by atoms with Crippen molar-refractivity contribution in [3.8, 4) is 0 Å². The fourth-order valence-corrected chi connectivity index (χ4v) is 2.34. The SMILES string of the molecule is CON(C)C(=O)/C=C/C=C/CCCO[Si](C)(C)C(C)(C)C. The van der Waals surface area contributed by atoms with Gasteiger partial charge in [0, 0.05) is 19.7 Å². The Balaban J connectivity index is 3.90. The summed E-state index contributed by atoms with van der Waals surface area (Å²) in [4.78, 5) is 16.2. The number of hydrogen-bond donors (Lipinski definition) is 0. The van der Waals surface area contributed by atoms with Gasteiger partial charge in [-0.3, -0.25) is 9.63 Å². The summed E-state index contributed by atoms with van der Waals surface area (Å²) in [6.07, 6.45) is 9.09. The average Bonchev–Trinajstić information content (AvgIpc) is 2.39. The summed E-state index contributed by atoms with van der Waals surface area (Å²) < 4.78 is 6.09. The second kappa shape index (κ2) is 9.18. The van der Waals surface area contributed by atoms with Crippen molar-refractivity contribution in [2.24, 2.45) is 0 Å². The summed E-state index contributed by atoms with van der Waals surface area (Å²) in [6.45, 7) is 12.1. The molecule has 0 spiro atoms. The largest absolute Gasteiger partial charge is 0.417 e. The minimum absolute atomic E-state index is 0.177. The lowest BCUT2D eigenvalue weighted by Crippen LogP contribution is -2.40. The molecular weight excluding hydrogens is 282 g/mol. The van der Waals surface area contributed by atoms with Crippen LogP contribution in [0.3, 0.4) is 0 Å². The zero-order valence-corrected chi connectivity index (χ0v) is 15.6. The first-order valence-electron chi connectivity index (χ1n) is 7.41. The number of carbonyl (C=O) groups excluding carboxylic acids is 1. The van der Waals surface area contributed by atoms with E-state index in [1.54, 1.807) is 13.1 Å². The fourth-order valence-electron chi connectivity index (χ4n) is 1.25. The Morgan fingerprint density at radius 1 is 1.24 bits per heavy atom. The van der Waals surface area contributed by atoms with Gasteiger partial charge in [-0.05, 0) is 31.0 Å². The molecule has 1 amide bonds. The monoisotopic (exact) mass is 313 g/mol. The molecule has 0 N–H and O–H groups in total. The first-order chi connectivity index (χ1) is 9.62. The minimum Gasteiger partial charge on any atom is -0.417 e. The van der Waals surface area contributed by atoms with E-state index in [0.717, 1.165) is 19.4 Å². The molecule has 21 heavy (non-hydrogen) atoms. The van der Waals surface area contributed by atoms with E-state index in [-0.39, 0.29) is 10.9 Å². The molecule has 0 bridgehead atoms. The molecule has 0 unspecified atom stereocenters. The van der Waals surface area contributed by atoms with Crippen molar-refractivity contribution < 1.29 is 14.1 Å². The van der Waals surface area contributed by atoms with Crippen LogP contribution >= 0.6 is 0 Å². The normalized spacial score (nSPS) is 13.3. The lowest BCUT2D eigenvalue weighted by molar-refractivity contribution is -0.162. The number of amides is 1. The molecule has 0 heterocycles. The molecule has 0 aliphatic rings. The van der Waals surface area contributed by atoms with E-state index < -0.39 is 8.32 Å². The molecular formula is C16H31NO3Si. The van der Waals surface area contributed by atoms with Crippen molar-refractivity contribution in [1.29, 1.82) is 0 Å². The van der Waals surface area contributed by atoms with Gasteiger partial charge in [-0.1, -0.05) is 39.0 Å². The van der Waals surface area contributed by atoms with Gasteiger partial charge in [0.25, 0.3) is 5.91 Å². The quantitative estimate of drug-likeness (QED) is 0.224. The van der Waals surface area contributed by atoms with Gasteiger partial charge in [0.15, 0.2) is 8.32 Å². The minimum atomic E-state index is -1.61. The van der Waals surface area contributed by atoms with Gasteiger partial charge in [0.2, 0.25) is 0 Å². The highest BCUT2D eigenvalue weighted by Crippen LogP contribution is 2.36. The number of unbranched alkanes of at least 4 members (excludes halogenated alkanes) is 1. The molecule has 122 valence electrons. The van der Waals surface area contributed by atoms with Crippen LogP contribution in [0.15, 0.2) is 24.3 Å². The number of allylic oxidation sites excluding steroid dienone is 3. The fraction of sp³-hybridized carbons (Fsp3) is 0.688. The van der Waals surface area contributed by atoms with Gasteiger partial charge in [-0.15, -0.1) is 0 Å². The van der Waals surface area contributed by atoms with Gasteiger partial charge in [-0.2, -0.15) is 0 Å². The lowest BCUT2D eigenvalue weighted by Gasteiger charge is -2.36. The van der Waals surface area contributed by atoms with Crippen LogP contribution in [0, 0.1) is 0 Å². The van der Waals surface area contributed by atoms with Gasteiger partial charge >= 0.3 is 0 Å². The van der Waals surface area contributed by atoms with E-state index in [1.807, 2.05) is 12.2 Å². The molecule has 0 aromatic heterocycles. The molecule has 0 aliphatic heterocycles. The van der Waals surface area contributed by atoms with Crippen molar-refractivity contribution in [1.82, 2.24) is 5.06 Å². The molecule has 0 aromatic carbocycles. The summed E-state index contributed by atoms with van der Waals surface area (Å²) in [5, 5.41) is 1.44. The molecule has 0 aliphatic carbocycles. The van der Waals surface area contributed by atoms with E-state index in [2.05, 4.69) is 33.9 Å². The number of hydroxylamine groups is 2. The van der Waals surface area contributed by atoms with E-state index in [0.29, 0.717) is 0 Å². The van der Waals surface area contributed by atoms with Gasteiger partial charge in [0.1, 0.15) is 0 Å². The second-order valence-electron chi connectivity index (χ2n) is 6.56. The van der Waals surface area contributed by atoms with Crippen LogP contribution in [-0.4, -0.2) is 40.1 Å². The van der Waals surface area contributed by atoms with Gasteiger partial charge in [0.05, 0.1) is 7.11 Å². The van der Waals surface area contributed by atoms with Crippen LogP contribution in [0.2, 0.25) is 18.1 Å². The maximum atomic E-state index is 11.4. The van der Waals surface area contributed by atoms with Crippen molar-refractivity contribution in [3.05, 3.63) is 24.3 Å². The molecule has 0 radical (unpaired) electrons. The molecule has 4 nitrogen and oxygen atoms in total. The van der Waals surface area contributed by atoms with E-state index in [4.69, 9.17) is 9.26 Å². The Bertz CT molecular complexity index is 370. The van der Waals surface area contributed by atoms with Crippen LogP contribution in [0.1, 0.15) is 33.6 Å². The molecule has 0 saturated heterocycles. The first-order valence-corrected chi connectivity index (χ1v) is 10.3. The summed E-state index contributed by atoms with van der Waals surface area (Å²) in [5.41, 5.74) is 0. The lowest BCUT2D eigenvalue weighted by atomic mass is 10.2. The summed E-state index contributed by atoms with van der Waals surface area (Å²) >= 11 is 0. The number of likely N-dealkylation sites (N-methyl/N-ethyl adjacent to an activating group) is 1. The second-order valence-corrected chi connectivity index (χ2v) is 11.4. The van der Waals surface area contributed by atoms with Crippen LogP contribution in [0.4, 0.5) is 0 Å². The molecule has 0 fully saturated rings. The smallest absolute Gasteiger partial charge is 0.269 e. The molecule has 0 rings (SSSR count). The Kier molecular flexibility index (Phi) is 8.78. The number of carbonyl (C=O) groups is 1. The molecule has 0 saturated carbocycles. The van der Waals surface area contributed by atoms with Crippen molar-refractivity contribution in [3.63, 3.8) is 0 Å². The maximum absolute atomic E-state index is 11.4. The highest BCUT2D eigenvalue weighted by atomic mass is 28.4. The highest BCUT2D eigenvalue weighted by Gasteiger charge is 2.36.